The molecule has 0 saturated carbocycles. The molecular formula is C23H20N4O3. The summed E-state index contributed by atoms with van der Waals surface area (Å²) in [5.74, 6) is 0.915. The van der Waals surface area contributed by atoms with Crippen LogP contribution in [0.4, 0.5) is 0 Å². The summed E-state index contributed by atoms with van der Waals surface area (Å²) in [6.07, 6.45) is 3.15. The van der Waals surface area contributed by atoms with E-state index in [2.05, 4.69) is 20.5 Å². The predicted octanol–water partition coefficient (Wildman–Crippen LogP) is 3.91. The first-order valence-corrected chi connectivity index (χ1v) is 9.34. The van der Waals surface area contributed by atoms with Crippen molar-refractivity contribution >= 4 is 23.2 Å². The molecule has 0 aliphatic heterocycles. The highest BCUT2D eigenvalue weighted by Crippen LogP contribution is 2.28. The van der Waals surface area contributed by atoms with Crippen LogP contribution in [0, 0.1) is 0 Å². The van der Waals surface area contributed by atoms with Crippen LogP contribution in [0.2, 0.25) is 0 Å². The Hall–Kier alpha value is -4.13. The number of rotatable bonds is 7. The molecule has 0 fully saturated rings. The molecule has 0 unspecified atom stereocenters. The highest BCUT2D eigenvalue weighted by atomic mass is 16.5. The van der Waals surface area contributed by atoms with Gasteiger partial charge in [-0.25, -0.2) is 10.4 Å². The number of nitrogens with one attached hydrogen (secondary N) is 2. The first kappa shape index (κ1) is 19.2. The van der Waals surface area contributed by atoms with E-state index in [-0.39, 0.29) is 5.91 Å². The smallest absolute Gasteiger partial charge is 0.271 e. The largest absolute Gasteiger partial charge is 0.493 e. The topological polar surface area (TPSA) is 88.6 Å². The number of amides is 1. The Kier molecular flexibility index (Phi) is 5.70. The van der Waals surface area contributed by atoms with E-state index in [0.717, 1.165) is 22.2 Å². The fourth-order valence-electron chi connectivity index (χ4n) is 2.93. The summed E-state index contributed by atoms with van der Waals surface area (Å²) in [6.45, 7) is 0.421. The lowest BCUT2D eigenvalue weighted by molar-refractivity contribution is 0.0955. The van der Waals surface area contributed by atoms with E-state index in [0.29, 0.717) is 23.7 Å². The van der Waals surface area contributed by atoms with Gasteiger partial charge in [0, 0.05) is 5.56 Å². The standard InChI is InChI=1S/C23H20N4O3/c1-29-21-10-7-17(11-22(21)30-14-16-5-3-2-4-6-16)13-26-27-23(28)18-8-9-19-20(12-18)25-15-24-19/h2-13,15H,14H2,1H3,(H,24,25)(H,27,28)/b26-13-. The molecule has 150 valence electrons. The van der Waals surface area contributed by atoms with Crippen LogP contribution in [-0.4, -0.2) is 29.2 Å². The zero-order valence-electron chi connectivity index (χ0n) is 16.3. The molecule has 0 atom stereocenters. The average Bonchev–Trinajstić information content (AvgIpc) is 3.26. The lowest BCUT2D eigenvalue weighted by atomic mass is 10.2. The van der Waals surface area contributed by atoms with Crippen LogP contribution < -0.4 is 14.9 Å². The molecule has 1 amide bonds. The summed E-state index contributed by atoms with van der Waals surface area (Å²) in [6, 6.07) is 20.5. The van der Waals surface area contributed by atoms with E-state index in [1.165, 1.54) is 0 Å². The number of H-pyrrole nitrogens is 1. The van der Waals surface area contributed by atoms with Crippen LogP contribution in [0.1, 0.15) is 21.5 Å². The number of carbonyl (C=O) groups excluding carboxylic acids is 1. The van der Waals surface area contributed by atoms with Crippen molar-refractivity contribution in [3.8, 4) is 11.5 Å². The van der Waals surface area contributed by atoms with Crippen molar-refractivity contribution in [1.82, 2.24) is 15.4 Å². The Morgan fingerprint density at radius 1 is 1.10 bits per heavy atom. The molecule has 30 heavy (non-hydrogen) atoms. The van der Waals surface area contributed by atoms with E-state index in [4.69, 9.17) is 9.47 Å². The van der Waals surface area contributed by atoms with Gasteiger partial charge in [0.2, 0.25) is 0 Å². The van der Waals surface area contributed by atoms with E-state index in [9.17, 15) is 4.79 Å². The molecule has 0 aliphatic carbocycles. The van der Waals surface area contributed by atoms with E-state index in [1.807, 2.05) is 42.5 Å². The molecule has 7 nitrogen and oxygen atoms in total. The Morgan fingerprint density at radius 3 is 2.80 bits per heavy atom. The maximum Gasteiger partial charge on any atom is 0.271 e. The molecule has 0 aliphatic rings. The number of benzene rings is 3. The third kappa shape index (κ3) is 4.47. The maximum absolute atomic E-state index is 12.3. The fraction of sp³-hybridized carbons (Fsp3) is 0.0870. The predicted molar refractivity (Wildman–Crippen MR) is 115 cm³/mol. The number of fused-ring (bicyclic) bond motifs is 1. The monoisotopic (exact) mass is 400 g/mol. The number of nitrogens with zero attached hydrogens (tertiary/aromatic N) is 2. The van der Waals surface area contributed by atoms with Crippen LogP contribution in [0.5, 0.6) is 11.5 Å². The van der Waals surface area contributed by atoms with Gasteiger partial charge in [-0.05, 0) is 47.5 Å². The number of carbonyl (C=O) groups is 1. The third-order valence-electron chi connectivity index (χ3n) is 4.49. The lowest BCUT2D eigenvalue weighted by Gasteiger charge is -2.11. The van der Waals surface area contributed by atoms with Gasteiger partial charge in [0.25, 0.3) is 5.91 Å². The highest BCUT2D eigenvalue weighted by molar-refractivity contribution is 5.97. The molecule has 1 heterocycles. The maximum atomic E-state index is 12.3. The van der Waals surface area contributed by atoms with Crippen molar-refractivity contribution in [2.45, 2.75) is 6.61 Å². The molecule has 4 aromatic rings. The summed E-state index contributed by atoms with van der Waals surface area (Å²) < 4.78 is 11.3. The van der Waals surface area contributed by atoms with E-state index in [1.54, 1.807) is 43.9 Å². The Bertz CT molecular complexity index is 1190. The van der Waals surface area contributed by atoms with Gasteiger partial charge in [0.1, 0.15) is 6.61 Å². The zero-order valence-corrected chi connectivity index (χ0v) is 16.3. The summed E-state index contributed by atoms with van der Waals surface area (Å²) >= 11 is 0. The van der Waals surface area contributed by atoms with Gasteiger partial charge < -0.3 is 14.5 Å². The van der Waals surface area contributed by atoms with Gasteiger partial charge >= 0.3 is 0 Å². The van der Waals surface area contributed by atoms with Gasteiger partial charge in [-0.1, -0.05) is 30.3 Å². The Labute approximate surface area is 173 Å². The summed E-state index contributed by atoms with van der Waals surface area (Å²) in [5, 5.41) is 4.05. The Balaban J connectivity index is 1.42. The van der Waals surface area contributed by atoms with Crippen molar-refractivity contribution in [3.05, 3.63) is 89.7 Å². The van der Waals surface area contributed by atoms with Crippen molar-refractivity contribution in [2.75, 3.05) is 7.11 Å². The summed E-state index contributed by atoms with van der Waals surface area (Å²) in [7, 11) is 1.59. The van der Waals surface area contributed by atoms with Gasteiger partial charge in [0.05, 0.1) is 30.7 Å². The second kappa shape index (κ2) is 8.91. The molecule has 4 rings (SSSR count). The molecular weight excluding hydrogens is 380 g/mol. The molecule has 7 heteroatoms. The van der Waals surface area contributed by atoms with Gasteiger partial charge in [0.15, 0.2) is 11.5 Å². The van der Waals surface area contributed by atoms with E-state index >= 15 is 0 Å². The van der Waals surface area contributed by atoms with Crippen LogP contribution in [0.15, 0.2) is 78.2 Å². The van der Waals surface area contributed by atoms with Crippen LogP contribution in [0.25, 0.3) is 11.0 Å². The zero-order chi connectivity index (χ0) is 20.8. The van der Waals surface area contributed by atoms with Crippen LogP contribution in [0.3, 0.4) is 0 Å². The van der Waals surface area contributed by atoms with Crippen molar-refractivity contribution in [3.63, 3.8) is 0 Å². The Morgan fingerprint density at radius 2 is 1.97 bits per heavy atom. The minimum absolute atomic E-state index is 0.309. The molecule has 0 radical (unpaired) electrons. The van der Waals surface area contributed by atoms with Gasteiger partial charge in [-0.3, -0.25) is 4.79 Å². The molecule has 0 bridgehead atoms. The average molecular weight is 400 g/mol. The molecule has 3 aromatic carbocycles. The van der Waals surface area contributed by atoms with E-state index < -0.39 is 0 Å². The van der Waals surface area contributed by atoms with Crippen molar-refractivity contribution in [2.24, 2.45) is 5.10 Å². The van der Waals surface area contributed by atoms with Gasteiger partial charge in [-0.15, -0.1) is 0 Å². The lowest BCUT2D eigenvalue weighted by Crippen LogP contribution is -2.17. The minimum atomic E-state index is -0.309. The third-order valence-corrected chi connectivity index (χ3v) is 4.49. The number of hydrogen-bond acceptors (Lipinski definition) is 5. The summed E-state index contributed by atoms with van der Waals surface area (Å²) in [5.41, 5.74) is 6.44. The highest BCUT2D eigenvalue weighted by Gasteiger charge is 2.08. The fourth-order valence-corrected chi connectivity index (χ4v) is 2.93. The number of aromatic amines is 1. The number of aromatic nitrogens is 2. The van der Waals surface area contributed by atoms with Crippen LogP contribution >= 0.6 is 0 Å². The molecule has 2 N–H and O–H groups in total. The second-order valence-corrected chi connectivity index (χ2v) is 6.52. The quantitative estimate of drug-likeness (QED) is 0.364. The molecule has 1 aromatic heterocycles. The number of ether oxygens (including phenoxy) is 2. The minimum Gasteiger partial charge on any atom is -0.493 e. The molecule has 0 saturated heterocycles. The number of hydrazone groups is 1. The van der Waals surface area contributed by atoms with Crippen molar-refractivity contribution in [1.29, 1.82) is 0 Å². The molecule has 0 spiro atoms. The van der Waals surface area contributed by atoms with Crippen LogP contribution in [-0.2, 0) is 6.61 Å². The first-order valence-electron chi connectivity index (χ1n) is 9.34. The number of hydrogen-bond donors (Lipinski definition) is 2. The second-order valence-electron chi connectivity index (χ2n) is 6.52. The first-order chi connectivity index (χ1) is 14.7. The van der Waals surface area contributed by atoms with Crippen molar-refractivity contribution < 1.29 is 14.3 Å². The number of methoxy groups -OCH3 is 1. The number of imidazole rings is 1. The van der Waals surface area contributed by atoms with Gasteiger partial charge in [-0.2, -0.15) is 5.10 Å². The summed E-state index contributed by atoms with van der Waals surface area (Å²) in [4.78, 5) is 19.4. The SMILES string of the molecule is COc1ccc(/C=N\NC(=O)c2ccc3nc[nH]c3c2)cc1OCc1ccccc1. The normalized spacial score (nSPS) is 11.0.